The molecule has 1 aliphatic rings. The lowest BCUT2D eigenvalue weighted by molar-refractivity contribution is 0.0917. The van der Waals surface area contributed by atoms with E-state index in [1.807, 2.05) is 0 Å². The zero-order valence-corrected chi connectivity index (χ0v) is 9.48. The van der Waals surface area contributed by atoms with Gasteiger partial charge in [-0.15, -0.1) is 0 Å². The monoisotopic (exact) mass is 244 g/mol. The zero-order chi connectivity index (χ0) is 10.8. The minimum absolute atomic E-state index is 0.172. The van der Waals surface area contributed by atoms with Crippen LogP contribution in [0.15, 0.2) is 12.3 Å². The number of nitrogens with one attached hydrogen (secondary N) is 1. The number of amides is 1. The highest BCUT2D eigenvalue weighted by Gasteiger charge is 2.21. The van der Waals surface area contributed by atoms with Crippen LogP contribution >= 0.6 is 23.2 Å². The van der Waals surface area contributed by atoms with Crippen LogP contribution in [-0.2, 0) is 0 Å². The summed E-state index contributed by atoms with van der Waals surface area (Å²) in [6, 6.07) is 1.77. The smallest absolute Gasteiger partial charge is 0.254 e. The molecule has 1 aromatic rings. The Morgan fingerprint density at radius 1 is 1.47 bits per heavy atom. The quantitative estimate of drug-likeness (QED) is 0.814. The van der Waals surface area contributed by atoms with Crippen molar-refractivity contribution in [3.63, 3.8) is 0 Å². The standard InChI is InChI=1S/C10H10Cl2N2O/c11-8-4-9(12)13-5-7(8)10(15)14-6-2-1-3-6/h4-6H,1-3H2,(H,14,15). The van der Waals surface area contributed by atoms with E-state index >= 15 is 0 Å². The van der Waals surface area contributed by atoms with Gasteiger partial charge in [0.2, 0.25) is 0 Å². The van der Waals surface area contributed by atoms with Crippen molar-refractivity contribution in [3.8, 4) is 0 Å². The molecule has 0 atom stereocenters. The van der Waals surface area contributed by atoms with Crippen LogP contribution in [0, 0.1) is 0 Å². The van der Waals surface area contributed by atoms with Crippen molar-refractivity contribution in [2.45, 2.75) is 25.3 Å². The molecule has 0 unspecified atom stereocenters. The van der Waals surface area contributed by atoms with Gasteiger partial charge < -0.3 is 5.32 Å². The Labute approximate surface area is 97.8 Å². The molecule has 2 rings (SSSR count). The Morgan fingerprint density at radius 2 is 2.20 bits per heavy atom. The van der Waals surface area contributed by atoms with Gasteiger partial charge in [0.15, 0.2) is 0 Å². The fourth-order valence-corrected chi connectivity index (χ4v) is 1.84. The van der Waals surface area contributed by atoms with E-state index in [0.29, 0.717) is 21.8 Å². The Morgan fingerprint density at radius 3 is 2.73 bits per heavy atom. The van der Waals surface area contributed by atoms with Crippen LogP contribution in [0.3, 0.4) is 0 Å². The zero-order valence-electron chi connectivity index (χ0n) is 7.96. The van der Waals surface area contributed by atoms with Crippen LogP contribution in [0.4, 0.5) is 0 Å². The maximum absolute atomic E-state index is 11.7. The highest BCUT2D eigenvalue weighted by Crippen LogP contribution is 2.21. The summed E-state index contributed by atoms with van der Waals surface area (Å²) in [5.74, 6) is -0.172. The van der Waals surface area contributed by atoms with E-state index in [1.54, 1.807) is 0 Å². The van der Waals surface area contributed by atoms with Crippen LogP contribution in [0.2, 0.25) is 10.2 Å². The van der Waals surface area contributed by atoms with Gasteiger partial charge in [-0.05, 0) is 25.3 Å². The molecule has 0 saturated heterocycles. The van der Waals surface area contributed by atoms with E-state index in [1.165, 1.54) is 18.7 Å². The van der Waals surface area contributed by atoms with E-state index in [2.05, 4.69) is 10.3 Å². The Hall–Kier alpha value is -0.800. The molecule has 80 valence electrons. The average molecular weight is 245 g/mol. The van der Waals surface area contributed by atoms with Crippen LogP contribution < -0.4 is 5.32 Å². The maximum atomic E-state index is 11.7. The fraction of sp³-hybridized carbons (Fsp3) is 0.400. The van der Waals surface area contributed by atoms with Gasteiger partial charge >= 0.3 is 0 Å². The molecule has 1 aromatic heterocycles. The largest absolute Gasteiger partial charge is 0.349 e. The van der Waals surface area contributed by atoms with Gasteiger partial charge in [0.1, 0.15) is 5.15 Å². The second-order valence-corrected chi connectivity index (χ2v) is 4.38. The van der Waals surface area contributed by atoms with Crippen molar-refractivity contribution in [1.82, 2.24) is 10.3 Å². The molecule has 3 nitrogen and oxygen atoms in total. The lowest BCUT2D eigenvalue weighted by Crippen LogP contribution is -2.39. The summed E-state index contributed by atoms with van der Waals surface area (Å²) in [7, 11) is 0. The van der Waals surface area contributed by atoms with Gasteiger partial charge in [-0.1, -0.05) is 23.2 Å². The summed E-state index contributed by atoms with van der Waals surface area (Å²) in [5, 5.41) is 3.52. The molecule has 15 heavy (non-hydrogen) atoms. The Kier molecular flexibility index (Phi) is 3.12. The van der Waals surface area contributed by atoms with Crippen molar-refractivity contribution in [2.24, 2.45) is 0 Å². The summed E-state index contributed by atoms with van der Waals surface area (Å²) >= 11 is 11.5. The topological polar surface area (TPSA) is 42.0 Å². The third kappa shape index (κ3) is 2.41. The molecule has 1 fully saturated rings. The second kappa shape index (κ2) is 4.37. The molecule has 0 radical (unpaired) electrons. The van der Waals surface area contributed by atoms with E-state index in [9.17, 15) is 4.79 Å². The maximum Gasteiger partial charge on any atom is 0.254 e. The molecule has 5 heteroatoms. The second-order valence-electron chi connectivity index (χ2n) is 3.59. The normalized spacial score (nSPS) is 15.9. The average Bonchev–Trinajstić information content (AvgIpc) is 2.11. The Bertz CT molecular complexity index is 391. The molecule has 1 aliphatic carbocycles. The van der Waals surface area contributed by atoms with Crippen molar-refractivity contribution in [2.75, 3.05) is 0 Å². The molecule has 0 aliphatic heterocycles. The van der Waals surface area contributed by atoms with E-state index in [-0.39, 0.29) is 5.91 Å². The number of aromatic nitrogens is 1. The highest BCUT2D eigenvalue weighted by molar-refractivity contribution is 6.36. The molecule has 0 aromatic carbocycles. The van der Waals surface area contributed by atoms with Gasteiger partial charge in [0.05, 0.1) is 10.6 Å². The predicted molar refractivity (Wildman–Crippen MR) is 59.4 cm³/mol. The number of hydrogen-bond donors (Lipinski definition) is 1. The number of hydrogen-bond acceptors (Lipinski definition) is 2. The van der Waals surface area contributed by atoms with Gasteiger partial charge in [0, 0.05) is 12.2 Å². The minimum Gasteiger partial charge on any atom is -0.349 e. The summed E-state index contributed by atoms with van der Waals surface area (Å²) in [4.78, 5) is 15.5. The van der Waals surface area contributed by atoms with Crippen LogP contribution in [0.5, 0.6) is 0 Å². The SMILES string of the molecule is O=C(NC1CCC1)c1cnc(Cl)cc1Cl. The molecule has 1 heterocycles. The van der Waals surface area contributed by atoms with E-state index in [4.69, 9.17) is 23.2 Å². The molecular formula is C10H10Cl2N2O. The first-order valence-corrected chi connectivity index (χ1v) is 5.54. The first-order valence-electron chi connectivity index (χ1n) is 4.79. The summed E-state index contributed by atoms with van der Waals surface area (Å²) in [6.45, 7) is 0. The number of halogens is 2. The summed E-state index contributed by atoms with van der Waals surface area (Å²) < 4.78 is 0. The van der Waals surface area contributed by atoms with Crippen LogP contribution in [-0.4, -0.2) is 16.9 Å². The number of pyridine rings is 1. The Balaban J connectivity index is 2.10. The summed E-state index contributed by atoms with van der Waals surface area (Å²) in [6.07, 6.45) is 4.67. The van der Waals surface area contributed by atoms with Crippen molar-refractivity contribution in [1.29, 1.82) is 0 Å². The van der Waals surface area contributed by atoms with Crippen LogP contribution in [0.1, 0.15) is 29.6 Å². The number of carbonyl (C=O) groups excluding carboxylic acids is 1. The third-order valence-electron chi connectivity index (χ3n) is 2.51. The lowest BCUT2D eigenvalue weighted by Gasteiger charge is -2.26. The molecule has 1 saturated carbocycles. The van der Waals surface area contributed by atoms with Crippen molar-refractivity contribution >= 4 is 29.1 Å². The van der Waals surface area contributed by atoms with E-state index in [0.717, 1.165) is 12.8 Å². The number of carbonyl (C=O) groups is 1. The number of nitrogens with zero attached hydrogens (tertiary/aromatic N) is 1. The first kappa shape index (κ1) is 10.7. The first-order chi connectivity index (χ1) is 7.16. The minimum atomic E-state index is -0.172. The predicted octanol–water partition coefficient (Wildman–Crippen LogP) is 2.67. The van der Waals surface area contributed by atoms with Crippen LogP contribution in [0.25, 0.3) is 0 Å². The fourth-order valence-electron chi connectivity index (χ4n) is 1.39. The van der Waals surface area contributed by atoms with Gasteiger partial charge in [0.25, 0.3) is 5.91 Å². The molecule has 0 spiro atoms. The molecular weight excluding hydrogens is 235 g/mol. The highest BCUT2D eigenvalue weighted by atomic mass is 35.5. The van der Waals surface area contributed by atoms with Crippen molar-refractivity contribution < 1.29 is 4.79 Å². The van der Waals surface area contributed by atoms with Gasteiger partial charge in [-0.2, -0.15) is 0 Å². The van der Waals surface area contributed by atoms with E-state index < -0.39 is 0 Å². The third-order valence-corrected chi connectivity index (χ3v) is 3.02. The van der Waals surface area contributed by atoms with Crippen molar-refractivity contribution in [3.05, 3.63) is 28.0 Å². The summed E-state index contributed by atoms with van der Waals surface area (Å²) in [5.41, 5.74) is 0.382. The van der Waals surface area contributed by atoms with Gasteiger partial charge in [-0.25, -0.2) is 4.98 Å². The molecule has 1 N–H and O–H groups in total. The molecule has 1 amide bonds. The lowest BCUT2D eigenvalue weighted by atomic mass is 9.93. The molecule has 0 bridgehead atoms. The number of rotatable bonds is 2. The van der Waals surface area contributed by atoms with Gasteiger partial charge in [-0.3, -0.25) is 4.79 Å².